The molecule has 0 amide bonds. The topological polar surface area (TPSA) is 92.4 Å². The van der Waals surface area contributed by atoms with Crippen LogP contribution in [0.5, 0.6) is 0 Å². The Morgan fingerprint density at radius 2 is 2.19 bits per heavy atom. The molecule has 0 aliphatic carbocycles. The Labute approximate surface area is 122 Å². The second kappa shape index (κ2) is 6.43. The number of anilines is 1. The molecule has 0 fully saturated rings. The summed E-state index contributed by atoms with van der Waals surface area (Å²) in [4.78, 5) is 0.0824. The highest BCUT2D eigenvalue weighted by Crippen LogP contribution is 2.16. The zero-order chi connectivity index (χ0) is 15.3. The number of aliphatic hydroxyl groups excluding tert-OH is 1. The Balaban J connectivity index is 2.24. The van der Waals surface area contributed by atoms with E-state index in [-0.39, 0.29) is 17.3 Å². The predicted octanol–water partition coefficient (Wildman–Crippen LogP) is 1.52. The fraction of sp³-hybridized carbons (Fsp3) is 0.214. The SMILES string of the molecule is Cc1cc(NS(=O)(=O)c2cccc(C#CCCO)c2)no1. The summed E-state index contributed by atoms with van der Waals surface area (Å²) < 4.78 is 31.6. The van der Waals surface area contributed by atoms with Gasteiger partial charge < -0.3 is 9.63 Å². The molecule has 0 saturated heterocycles. The van der Waals surface area contributed by atoms with E-state index >= 15 is 0 Å². The summed E-state index contributed by atoms with van der Waals surface area (Å²) in [6, 6.07) is 7.71. The molecule has 0 unspecified atom stereocenters. The molecule has 2 aromatic rings. The third kappa shape index (κ3) is 4.08. The summed E-state index contributed by atoms with van der Waals surface area (Å²) >= 11 is 0. The Hall–Kier alpha value is -2.30. The van der Waals surface area contributed by atoms with Gasteiger partial charge in [0.05, 0.1) is 11.5 Å². The molecule has 110 valence electrons. The van der Waals surface area contributed by atoms with Crippen LogP contribution in [0.1, 0.15) is 17.7 Å². The van der Waals surface area contributed by atoms with Gasteiger partial charge in [-0.15, -0.1) is 0 Å². The summed E-state index contributed by atoms with van der Waals surface area (Å²) in [5.41, 5.74) is 0.558. The molecule has 0 saturated carbocycles. The van der Waals surface area contributed by atoms with E-state index in [1.165, 1.54) is 18.2 Å². The molecule has 0 spiro atoms. The normalized spacial score (nSPS) is 10.8. The first-order chi connectivity index (χ1) is 10.0. The van der Waals surface area contributed by atoms with Crippen molar-refractivity contribution in [3.8, 4) is 11.8 Å². The minimum Gasteiger partial charge on any atom is -0.395 e. The molecule has 0 aliphatic heterocycles. The van der Waals surface area contributed by atoms with Crippen LogP contribution in [0, 0.1) is 18.8 Å². The lowest BCUT2D eigenvalue weighted by Crippen LogP contribution is -2.13. The van der Waals surface area contributed by atoms with Crippen LogP contribution in [0.2, 0.25) is 0 Å². The predicted molar refractivity (Wildman–Crippen MR) is 77.1 cm³/mol. The number of nitrogens with zero attached hydrogens (tertiary/aromatic N) is 1. The van der Waals surface area contributed by atoms with Gasteiger partial charge in [-0.25, -0.2) is 8.42 Å². The summed E-state index contributed by atoms with van der Waals surface area (Å²) in [6.45, 7) is 1.64. The van der Waals surface area contributed by atoms with E-state index in [0.29, 0.717) is 17.7 Å². The van der Waals surface area contributed by atoms with E-state index < -0.39 is 10.0 Å². The van der Waals surface area contributed by atoms with Gasteiger partial charge >= 0.3 is 0 Å². The molecule has 0 aliphatic rings. The van der Waals surface area contributed by atoms with Gasteiger partial charge in [-0.3, -0.25) is 4.72 Å². The first-order valence-corrected chi connectivity index (χ1v) is 7.65. The summed E-state index contributed by atoms with van der Waals surface area (Å²) in [5, 5.41) is 12.3. The Kier molecular flexibility index (Phi) is 4.62. The molecular weight excluding hydrogens is 292 g/mol. The van der Waals surface area contributed by atoms with Crippen LogP contribution in [0.4, 0.5) is 5.82 Å². The van der Waals surface area contributed by atoms with Gasteiger partial charge in [-0.2, -0.15) is 0 Å². The average molecular weight is 306 g/mol. The Bertz CT molecular complexity index is 785. The average Bonchev–Trinajstić information content (AvgIpc) is 2.84. The number of sulfonamides is 1. The quantitative estimate of drug-likeness (QED) is 0.835. The highest BCUT2D eigenvalue weighted by molar-refractivity contribution is 7.92. The van der Waals surface area contributed by atoms with E-state index in [1.807, 2.05) is 0 Å². The van der Waals surface area contributed by atoms with Gasteiger partial charge in [0.15, 0.2) is 5.82 Å². The fourth-order valence-corrected chi connectivity index (χ4v) is 2.60. The molecule has 1 aromatic carbocycles. The molecule has 7 heteroatoms. The van der Waals surface area contributed by atoms with E-state index in [0.717, 1.165) is 0 Å². The van der Waals surface area contributed by atoms with Crippen molar-refractivity contribution in [2.24, 2.45) is 0 Å². The van der Waals surface area contributed by atoms with Crippen molar-refractivity contribution in [3.63, 3.8) is 0 Å². The standard InChI is InChI=1S/C14H14N2O4S/c1-11-9-14(15-20-11)16-21(18,19)13-7-4-6-12(10-13)5-2-3-8-17/h4,6-7,9-10,17H,3,8H2,1H3,(H,15,16). The molecule has 21 heavy (non-hydrogen) atoms. The van der Waals surface area contributed by atoms with E-state index in [1.54, 1.807) is 19.1 Å². The lowest BCUT2D eigenvalue weighted by atomic mass is 10.2. The van der Waals surface area contributed by atoms with E-state index in [4.69, 9.17) is 9.63 Å². The third-order valence-electron chi connectivity index (χ3n) is 2.48. The summed E-state index contributed by atoms with van der Waals surface area (Å²) in [6.07, 6.45) is 0.341. The number of hydrogen-bond acceptors (Lipinski definition) is 5. The zero-order valence-electron chi connectivity index (χ0n) is 11.3. The lowest BCUT2D eigenvalue weighted by Gasteiger charge is -2.05. The fourth-order valence-electron chi connectivity index (χ4n) is 1.57. The Morgan fingerprint density at radius 1 is 1.38 bits per heavy atom. The van der Waals surface area contributed by atoms with Crippen LogP contribution in [0.3, 0.4) is 0 Å². The largest absolute Gasteiger partial charge is 0.395 e. The van der Waals surface area contributed by atoms with Crippen LogP contribution < -0.4 is 4.72 Å². The van der Waals surface area contributed by atoms with Crippen LogP contribution in [-0.2, 0) is 10.0 Å². The van der Waals surface area contributed by atoms with Crippen LogP contribution in [-0.4, -0.2) is 25.3 Å². The number of aryl methyl sites for hydroxylation is 1. The smallest absolute Gasteiger partial charge is 0.263 e. The number of aromatic nitrogens is 1. The lowest BCUT2D eigenvalue weighted by molar-refractivity contribution is 0.305. The highest BCUT2D eigenvalue weighted by Gasteiger charge is 2.16. The van der Waals surface area contributed by atoms with E-state index in [2.05, 4.69) is 21.7 Å². The van der Waals surface area contributed by atoms with Crippen molar-refractivity contribution < 1.29 is 18.0 Å². The van der Waals surface area contributed by atoms with Crippen molar-refractivity contribution in [2.75, 3.05) is 11.3 Å². The number of benzene rings is 1. The second-order valence-corrected chi connectivity index (χ2v) is 5.91. The molecule has 1 heterocycles. The van der Waals surface area contributed by atoms with Crippen molar-refractivity contribution in [2.45, 2.75) is 18.2 Å². The number of hydrogen-bond donors (Lipinski definition) is 2. The van der Waals surface area contributed by atoms with Gasteiger partial charge in [-0.1, -0.05) is 23.1 Å². The maximum absolute atomic E-state index is 12.2. The molecule has 0 radical (unpaired) electrons. The minimum absolute atomic E-state index is 0.0297. The zero-order valence-corrected chi connectivity index (χ0v) is 12.1. The molecule has 2 rings (SSSR count). The van der Waals surface area contributed by atoms with Crippen molar-refractivity contribution in [1.82, 2.24) is 5.16 Å². The van der Waals surface area contributed by atoms with Crippen LogP contribution in [0.15, 0.2) is 39.8 Å². The van der Waals surface area contributed by atoms with Gasteiger partial charge in [-0.05, 0) is 25.1 Å². The monoisotopic (exact) mass is 306 g/mol. The van der Waals surface area contributed by atoms with Crippen LogP contribution in [0.25, 0.3) is 0 Å². The molecule has 2 N–H and O–H groups in total. The van der Waals surface area contributed by atoms with E-state index in [9.17, 15) is 8.42 Å². The molecule has 0 atom stereocenters. The molecule has 6 nitrogen and oxygen atoms in total. The summed E-state index contributed by atoms with van der Waals surface area (Å²) in [7, 11) is -3.74. The maximum Gasteiger partial charge on any atom is 0.263 e. The first-order valence-electron chi connectivity index (χ1n) is 6.17. The number of nitrogens with one attached hydrogen (secondary N) is 1. The number of rotatable bonds is 4. The van der Waals surface area contributed by atoms with Gasteiger partial charge in [0.1, 0.15) is 5.76 Å². The minimum atomic E-state index is -3.74. The van der Waals surface area contributed by atoms with Crippen molar-refractivity contribution in [1.29, 1.82) is 0 Å². The second-order valence-electron chi connectivity index (χ2n) is 4.23. The highest BCUT2D eigenvalue weighted by atomic mass is 32.2. The van der Waals surface area contributed by atoms with Gasteiger partial charge in [0, 0.05) is 18.1 Å². The molecular formula is C14H14N2O4S. The van der Waals surface area contributed by atoms with Gasteiger partial charge in [0.25, 0.3) is 10.0 Å². The van der Waals surface area contributed by atoms with Crippen molar-refractivity contribution in [3.05, 3.63) is 41.7 Å². The summed E-state index contributed by atoms with van der Waals surface area (Å²) in [5.74, 6) is 6.17. The molecule has 0 bridgehead atoms. The third-order valence-corrected chi connectivity index (χ3v) is 3.83. The van der Waals surface area contributed by atoms with Crippen LogP contribution >= 0.6 is 0 Å². The first kappa shape index (κ1) is 15.1. The Morgan fingerprint density at radius 3 is 2.86 bits per heavy atom. The van der Waals surface area contributed by atoms with Gasteiger partial charge in [0.2, 0.25) is 0 Å². The maximum atomic E-state index is 12.2. The molecule has 1 aromatic heterocycles. The number of aliphatic hydroxyl groups is 1. The van der Waals surface area contributed by atoms with Crippen molar-refractivity contribution >= 4 is 15.8 Å².